The molecule has 0 spiro atoms. The third-order valence-electron chi connectivity index (χ3n) is 4.47. The number of methoxy groups -OCH3 is 1. The number of benzene rings is 3. The first-order valence-corrected chi connectivity index (χ1v) is 10.1. The fourth-order valence-corrected chi connectivity index (χ4v) is 3.63. The van der Waals surface area contributed by atoms with E-state index in [1.807, 2.05) is 30.3 Å². The number of carbonyl (C=O) groups excluding carboxylic acids is 1. The van der Waals surface area contributed by atoms with E-state index in [0.29, 0.717) is 38.5 Å². The molecule has 0 atom stereocenters. The minimum absolute atomic E-state index is 0.0513. The summed E-state index contributed by atoms with van der Waals surface area (Å²) in [5.41, 5.74) is 2.09. The zero-order valence-corrected chi connectivity index (χ0v) is 18.5. The molecule has 0 bridgehead atoms. The van der Waals surface area contributed by atoms with Crippen molar-refractivity contribution in [1.29, 1.82) is 0 Å². The van der Waals surface area contributed by atoms with Crippen LogP contribution in [0.2, 0.25) is 0 Å². The lowest BCUT2D eigenvalue weighted by molar-refractivity contribution is -0.385. The van der Waals surface area contributed by atoms with E-state index in [9.17, 15) is 14.9 Å². The smallest absolute Gasteiger partial charge is 0.274 e. The van der Waals surface area contributed by atoms with Gasteiger partial charge in [-0.05, 0) is 53.3 Å². The van der Waals surface area contributed by atoms with Crippen molar-refractivity contribution in [2.24, 2.45) is 0 Å². The average molecular weight is 518 g/mol. The van der Waals surface area contributed by atoms with Gasteiger partial charge in [-0.25, -0.2) is 0 Å². The largest absolute Gasteiger partial charge is 0.493 e. The van der Waals surface area contributed by atoms with E-state index < -0.39 is 10.8 Å². The van der Waals surface area contributed by atoms with Crippen LogP contribution in [-0.4, -0.2) is 17.9 Å². The van der Waals surface area contributed by atoms with Gasteiger partial charge >= 0.3 is 0 Å². The molecule has 8 heteroatoms. The van der Waals surface area contributed by atoms with Gasteiger partial charge in [-0.3, -0.25) is 14.9 Å². The zero-order valence-electron chi connectivity index (χ0n) is 16.3. The summed E-state index contributed by atoms with van der Waals surface area (Å²) in [5, 5.41) is 13.9. The van der Waals surface area contributed by atoms with Gasteiger partial charge in [-0.2, -0.15) is 0 Å². The van der Waals surface area contributed by atoms with E-state index in [1.54, 1.807) is 25.1 Å². The van der Waals surface area contributed by atoms with E-state index in [1.165, 1.54) is 19.2 Å². The molecule has 0 fully saturated rings. The first-order chi connectivity index (χ1) is 14.4. The molecule has 7 nitrogen and oxygen atoms in total. The number of carbonyl (C=O) groups is 1. The SMILES string of the molecule is COc1cc(C(=O)Nc2cccc([N+](=O)[O-])c2C)cc(I)c1OCc1ccccc1. The van der Waals surface area contributed by atoms with E-state index in [2.05, 4.69) is 27.9 Å². The molecule has 0 aliphatic heterocycles. The highest BCUT2D eigenvalue weighted by atomic mass is 127. The first-order valence-electron chi connectivity index (χ1n) is 9.00. The van der Waals surface area contributed by atoms with Crippen LogP contribution < -0.4 is 14.8 Å². The molecule has 1 N–H and O–H groups in total. The predicted molar refractivity (Wildman–Crippen MR) is 122 cm³/mol. The number of nitrogens with one attached hydrogen (secondary N) is 1. The Labute approximate surface area is 187 Å². The summed E-state index contributed by atoms with van der Waals surface area (Å²) in [6, 6.07) is 17.6. The summed E-state index contributed by atoms with van der Waals surface area (Å²) in [6.45, 7) is 1.96. The molecule has 30 heavy (non-hydrogen) atoms. The molecule has 0 aliphatic carbocycles. The Morgan fingerprint density at radius 3 is 2.53 bits per heavy atom. The highest BCUT2D eigenvalue weighted by molar-refractivity contribution is 14.1. The molecular formula is C22H19IN2O5. The molecule has 0 unspecified atom stereocenters. The van der Waals surface area contributed by atoms with Gasteiger partial charge in [-0.1, -0.05) is 36.4 Å². The number of nitrogens with zero attached hydrogens (tertiary/aromatic N) is 1. The Balaban J connectivity index is 1.83. The number of hydrogen-bond donors (Lipinski definition) is 1. The summed E-state index contributed by atoms with van der Waals surface area (Å²) >= 11 is 2.09. The number of anilines is 1. The number of halogens is 1. The number of hydrogen-bond acceptors (Lipinski definition) is 5. The second-order valence-corrected chi connectivity index (χ2v) is 7.59. The predicted octanol–water partition coefficient (Wildman–Crippen LogP) is 5.35. The van der Waals surface area contributed by atoms with Crippen molar-refractivity contribution in [2.45, 2.75) is 13.5 Å². The van der Waals surface area contributed by atoms with Crippen LogP contribution in [0.3, 0.4) is 0 Å². The zero-order chi connectivity index (χ0) is 21.7. The number of ether oxygens (including phenoxy) is 2. The maximum Gasteiger partial charge on any atom is 0.274 e. The van der Waals surface area contributed by atoms with E-state index in [4.69, 9.17) is 9.47 Å². The lowest BCUT2D eigenvalue weighted by Gasteiger charge is -2.15. The van der Waals surface area contributed by atoms with Gasteiger partial charge in [0.25, 0.3) is 11.6 Å². The van der Waals surface area contributed by atoms with Crippen molar-refractivity contribution >= 4 is 39.9 Å². The molecule has 0 aromatic heterocycles. The quantitative estimate of drug-likeness (QED) is 0.259. The van der Waals surface area contributed by atoms with Crippen LogP contribution in [0, 0.1) is 20.6 Å². The lowest BCUT2D eigenvalue weighted by atomic mass is 10.1. The van der Waals surface area contributed by atoms with Crippen molar-refractivity contribution in [2.75, 3.05) is 12.4 Å². The normalized spacial score (nSPS) is 10.4. The molecule has 3 rings (SSSR count). The van der Waals surface area contributed by atoms with Crippen LogP contribution in [0.5, 0.6) is 11.5 Å². The standard InChI is InChI=1S/C22H19IN2O5/c1-14-18(9-6-10-19(14)25(27)28)24-22(26)16-11-17(23)21(20(12-16)29-2)30-13-15-7-4-3-5-8-15/h3-12H,13H2,1-2H3,(H,24,26). The fraction of sp³-hybridized carbons (Fsp3) is 0.136. The van der Waals surface area contributed by atoms with Crippen LogP contribution >= 0.6 is 22.6 Å². The minimum Gasteiger partial charge on any atom is -0.493 e. The van der Waals surface area contributed by atoms with Crippen molar-refractivity contribution in [3.63, 3.8) is 0 Å². The van der Waals surface area contributed by atoms with Gasteiger partial charge in [0.2, 0.25) is 0 Å². The molecule has 0 saturated heterocycles. The third-order valence-corrected chi connectivity index (χ3v) is 5.27. The Hall–Kier alpha value is -3.14. The second-order valence-electron chi connectivity index (χ2n) is 6.42. The van der Waals surface area contributed by atoms with Crippen LogP contribution in [0.15, 0.2) is 60.7 Å². The number of rotatable bonds is 7. The highest BCUT2D eigenvalue weighted by Crippen LogP contribution is 2.35. The van der Waals surface area contributed by atoms with Gasteiger partial charge in [0.1, 0.15) is 6.61 Å². The van der Waals surface area contributed by atoms with Gasteiger partial charge in [-0.15, -0.1) is 0 Å². The fourth-order valence-electron chi connectivity index (χ4n) is 2.87. The van der Waals surface area contributed by atoms with Crippen LogP contribution in [0.1, 0.15) is 21.5 Å². The van der Waals surface area contributed by atoms with Crippen molar-refractivity contribution in [3.8, 4) is 11.5 Å². The minimum atomic E-state index is -0.476. The monoisotopic (exact) mass is 518 g/mol. The molecule has 0 heterocycles. The Bertz CT molecular complexity index is 1090. The summed E-state index contributed by atoms with van der Waals surface area (Å²) in [5.74, 6) is 0.577. The van der Waals surface area contributed by atoms with Gasteiger partial charge in [0.15, 0.2) is 11.5 Å². The van der Waals surface area contributed by atoms with E-state index >= 15 is 0 Å². The van der Waals surface area contributed by atoms with Gasteiger partial charge in [0, 0.05) is 11.6 Å². The Morgan fingerprint density at radius 2 is 1.87 bits per heavy atom. The molecule has 0 aliphatic rings. The molecule has 0 saturated carbocycles. The van der Waals surface area contributed by atoms with Crippen LogP contribution in [0.4, 0.5) is 11.4 Å². The molecule has 3 aromatic rings. The summed E-state index contributed by atoms with van der Waals surface area (Å²) in [6.07, 6.45) is 0. The average Bonchev–Trinajstić information content (AvgIpc) is 2.74. The van der Waals surface area contributed by atoms with Crippen molar-refractivity contribution in [3.05, 3.63) is 91.0 Å². The van der Waals surface area contributed by atoms with E-state index in [0.717, 1.165) is 5.56 Å². The number of nitro groups is 1. The maximum atomic E-state index is 12.8. The summed E-state index contributed by atoms with van der Waals surface area (Å²) in [7, 11) is 1.51. The molecular weight excluding hydrogens is 499 g/mol. The van der Waals surface area contributed by atoms with Gasteiger partial charge in [0.05, 0.1) is 26.9 Å². The molecule has 3 aromatic carbocycles. The summed E-state index contributed by atoms with van der Waals surface area (Å²) < 4.78 is 12.1. The second kappa shape index (κ2) is 9.57. The Kier molecular flexibility index (Phi) is 6.88. The third kappa shape index (κ3) is 4.88. The van der Waals surface area contributed by atoms with Crippen molar-refractivity contribution in [1.82, 2.24) is 0 Å². The summed E-state index contributed by atoms with van der Waals surface area (Å²) in [4.78, 5) is 23.4. The maximum absolute atomic E-state index is 12.8. The lowest BCUT2D eigenvalue weighted by Crippen LogP contribution is -2.14. The Morgan fingerprint density at radius 1 is 1.13 bits per heavy atom. The van der Waals surface area contributed by atoms with E-state index in [-0.39, 0.29) is 5.69 Å². The topological polar surface area (TPSA) is 90.7 Å². The van der Waals surface area contributed by atoms with Crippen LogP contribution in [-0.2, 0) is 6.61 Å². The molecule has 1 amide bonds. The molecule has 154 valence electrons. The van der Waals surface area contributed by atoms with Gasteiger partial charge < -0.3 is 14.8 Å². The first kappa shape index (κ1) is 21.6. The number of nitro benzene ring substituents is 1. The number of amides is 1. The highest BCUT2D eigenvalue weighted by Gasteiger charge is 2.19. The molecule has 0 radical (unpaired) electrons. The van der Waals surface area contributed by atoms with Crippen molar-refractivity contribution < 1.29 is 19.2 Å². The van der Waals surface area contributed by atoms with Crippen LogP contribution in [0.25, 0.3) is 0 Å².